The Morgan fingerprint density at radius 3 is 2.52 bits per heavy atom. The minimum Gasteiger partial charge on any atom is -0.322 e. The van der Waals surface area contributed by atoms with Gasteiger partial charge in [-0.2, -0.15) is 4.68 Å². The summed E-state index contributed by atoms with van der Waals surface area (Å²) in [6.45, 7) is 2.32. The summed E-state index contributed by atoms with van der Waals surface area (Å²) in [5, 5.41) is 3.14. The molecule has 33 heavy (non-hydrogen) atoms. The molecule has 3 heterocycles. The van der Waals surface area contributed by atoms with Crippen LogP contribution in [0.15, 0.2) is 59.4 Å². The first-order valence-electron chi connectivity index (χ1n) is 11.2. The van der Waals surface area contributed by atoms with Crippen LogP contribution in [0.25, 0.3) is 17.0 Å². The SMILES string of the molecule is CCCc1[nH]n(-c2nc3ccccc3[nH]2)c(=O)c1[C@@H]1CC(=O)N(CCc2ccccc2)C1=O. The molecule has 0 aliphatic carbocycles. The average molecular weight is 444 g/mol. The standard InChI is InChI=1S/C25H25N5O3/c1-2-8-20-22(24(33)30(28-20)25-26-18-11-6-7-12-19(18)27-25)17-15-21(31)29(23(17)32)14-13-16-9-4-3-5-10-16/h3-7,9-12,17,28H,2,8,13-15H2,1H3,(H,26,27)/t17-/m0/s1. The van der Waals surface area contributed by atoms with E-state index in [0.29, 0.717) is 36.6 Å². The quantitative estimate of drug-likeness (QED) is 0.428. The Morgan fingerprint density at radius 2 is 1.76 bits per heavy atom. The molecule has 0 saturated carbocycles. The minimum atomic E-state index is -0.774. The number of benzene rings is 2. The number of fused-ring (bicyclic) bond motifs is 1. The highest BCUT2D eigenvalue weighted by Crippen LogP contribution is 2.30. The second-order valence-corrected chi connectivity index (χ2v) is 8.35. The van der Waals surface area contributed by atoms with E-state index < -0.39 is 5.92 Å². The highest BCUT2D eigenvalue weighted by molar-refractivity contribution is 6.06. The van der Waals surface area contributed by atoms with Gasteiger partial charge in [-0.15, -0.1) is 0 Å². The van der Waals surface area contributed by atoms with Gasteiger partial charge in [0.25, 0.3) is 5.56 Å². The van der Waals surface area contributed by atoms with E-state index in [1.807, 2.05) is 61.5 Å². The molecule has 8 nitrogen and oxygen atoms in total. The van der Waals surface area contributed by atoms with Crippen molar-refractivity contribution in [3.8, 4) is 5.95 Å². The van der Waals surface area contributed by atoms with Crippen molar-refractivity contribution >= 4 is 22.8 Å². The third-order valence-electron chi connectivity index (χ3n) is 6.15. The maximum absolute atomic E-state index is 13.5. The number of carbonyl (C=O) groups is 2. The molecule has 0 radical (unpaired) electrons. The van der Waals surface area contributed by atoms with Crippen LogP contribution in [0.2, 0.25) is 0 Å². The van der Waals surface area contributed by atoms with Crippen LogP contribution in [-0.2, 0) is 22.4 Å². The molecule has 1 aliphatic rings. The van der Waals surface area contributed by atoms with Crippen molar-refractivity contribution in [1.29, 1.82) is 0 Å². The number of imide groups is 1. The summed E-state index contributed by atoms with van der Waals surface area (Å²) in [6.07, 6.45) is 1.99. The lowest BCUT2D eigenvalue weighted by Gasteiger charge is -2.15. The van der Waals surface area contributed by atoms with Crippen LogP contribution in [0.4, 0.5) is 0 Å². The summed E-state index contributed by atoms with van der Waals surface area (Å²) in [5.74, 6) is -0.952. The molecular weight excluding hydrogens is 418 g/mol. The van der Waals surface area contributed by atoms with Gasteiger partial charge in [0.15, 0.2) is 0 Å². The second-order valence-electron chi connectivity index (χ2n) is 8.35. The molecule has 1 atom stereocenters. The number of imidazole rings is 1. The van der Waals surface area contributed by atoms with Gasteiger partial charge >= 0.3 is 0 Å². The molecule has 2 amide bonds. The lowest BCUT2D eigenvalue weighted by Crippen LogP contribution is -2.33. The number of rotatable bonds is 7. The topological polar surface area (TPSA) is 104 Å². The van der Waals surface area contributed by atoms with Crippen molar-refractivity contribution in [2.75, 3.05) is 6.54 Å². The lowest BCUT2D eigenvalue weighted by molar-refractivity contribution is -0.138. The molecule has 0 unspecified atom stereocenters. The van der Waals surface area contributed by atoms with Gasteiger partial charge in [0.05, 0.1) is 22.5 Å². The summed E-state index contributed by atoms with van der Waals surface area (Å²) in [7, 11) is 0. The van der Waals surface area contributed by atoms with E-state index in [0.717, 1.165) is 23.0 Å². The fourth-order valence-corrected chi connectivity index (χ4v) is 4.52. The highest BCUT2D eigenvalue weighted by Gasteiger charge is 2.42. The van der Waals surface area contributed by atoms with Crippen molar-refractivity contribution in [2.24, 2.45) is 0 Å². The number of aromatic nitrogens is 4. The molecule has 2 aromatic heterocycles. The molecular formula is C25H25N5O3. The van der Waals surface area contributed by atoms with Crippen molar-refractivity contribution in [3.05, 3.63) is 81.8 Å². The van der Waals surface area contributed by atoms with Gasteiger partial charge in [0.1, 0.15) is 0 Å². The molecule has 1 saturated heterocycles. The van der Waals surface area contributed by atoms with Crippen LogP contribution in [0, 0.1) is 0 Å². The van der Waals surface area contributed by atoms with Gasteiger partial charge in [-0.05, 0) is 30.5 Å². The van der Waals surface area contributed by atoms with E-state index in [1.165, 1.54) is 9.58 Å². The number of para-hydroxylation sites is 2. The average Bonchev–Trinajstić information content (AvgIpc) is 3.47. The van der Waals surface area contributed by atoms with E-state index in [4.69, 9.17) is 0 Å². The van der Waals surface area contributed by atoms with Crippen LogP contribution in [0.5, 0.6) is 0 Å². The Hall–Kier alpha value is -3.94. The van der Waals surface area contributed by atoms with Gasteiger partial charge in [-0.25, -0.2) is 4.98 Å². The lowest BCUT2D eigenvalue weighted by atomic mass is 9.96. The zero-order chi connectivity index (χ0) is 22.9. The zero-order valence-corrected chi connectivity index (χ0v) is 18.4. The molecule has 5 rings (SSSR count). The number of H-pyrrole nitrogens is 2. The van der Waals surface area contributed by atoms with Crippen molar-refractivity contribution in [1.82, 2.24) is 24.6 Å². The first-order chi connectivity index (χ1) is 16.1. The molecule has 4 aromatic rings. The summed E-state index contributed by atoms with van der Waals surface area (Å²) < 4.78 is 1.35. The maximum atomic E-state index is 13.5. The van der Waals surface area contributed by atoms with Gasteiger partial charge in [0.2, 0.25) is 17.8 Å². The fourth-order valence-electron chi connectivity index (χ4n) is 4.52. The Bertz CT molecular complexity index is 1350. The van der Waals surface area contributed by atoms with Gasteiger partial charge < -0.3 is 4.98 Å². The molecule has 2 N–H and O–H groups in total. The molecule has 0 spiro atoms. The van der Waals surface area contributed by atoms with Crippen molar-refractivity contribution < 1.29 is 9.59 Å². The molecule has 168 valence electrons. The van der Waals surface area contributed by atoms with Crippen molar-refractivity contribution in [2.45, 2.75) is 38.5 Å². The number of nitrogens with one attached hydrogen (secondary N) is 2. The van der Waals surface area contributed by atoms with Crippen LogP contribution >= 0.6 is 0 Å². The first kappa shape index (κ1) is 20.9. The number of carbonyl (C=O) groups excluding carboxylic acids is 2. The number of nitrogens with zero attached hydrogens (tertiary/aromatic N) is 3. The Kier molecular flexibility index (Phi) is 5.42. The predicted molar refractivity (Wildman–Crippen MR) is 124 cm³/mol. The largest absolute Gasteiger partial charge is 0.322 e. The van der Waals surface area contributed by atoms with Crippen molar-refractivity contribution in [3.63, 3.8) is 0 Å². The number of amides is 2. The van der Waals surface area contributed by atoms with Crippen LogP contribution in [0.1, 0.15) is 42.5 Å². The fraction of sp³-hybridized carbons (Fsp3) is 0.280. The summed E-state index contributed by atoms with van der Waals surface area (Å²) in [5.41, 5.74) is 3.33. The van der Waals surface area contributed by atoms with E-state index in [9.17, 15) is 14.4 Å². The molecule has 0 bridgehead atoms. The number of aryl methyl sites for hydroxylation is 1. The normalized spacial score (nSPS) is 16.3. The third kappa shape index (κ3) is 3.77. The van der Waals surface area contributed by atoms with E-state index in [1.54, 1.807) is 0 Å². The third-order valence-corrected chi connectivity index (χ3v) is 6.15. The van der Waals surface area contributed by atoms with E-state index in [-0.39, 0.29) is 23.8 Å². The Morgan fingerprint density at radius 1 is 1.00 bits per heavy atom. The predicted octanol–water partition coefficient (Wildman–Crippen LogP) is 3.08. The highest BCUT2D eigenvalue weighted by atomic mass is 16.2. The number of aromatic amines is 2. The minimum absolute atomic E-state index is 0.0115. The van der Waals surface area contributed by atoms with E-state index >= 15 is 0 Å². The van der Waals surface area contributed by atoms with Gasteiger partial charge in [-0.3, -0.25) is 24.4 Å². The Balaban J connectivity index is 1.47. The van der Waals surface area contributed by atoms with Crippen LogP contribution < -0.4 is 5.56 Å². The number of likely N-dealkylation sites (tertiary alicyclic amines) is 1. The maximum Gasteiger partial charge on any atom is 0.278 e. The zero-order valence-electron chi connectivity index (χ0n) is 18.4. The van der Waals surface area contributed by atoms with Crippen LogP contribution in [-0.4, -0.2) is 43.0 Å². The summed E-state index contributed by atoms with van der Waals surface area (Å²) >= 11 is 0. The molecule has 1 fully saturated rings. The first-order valence-corrected chi connectivity index (χ1v) is 11.2. The van der Waals surface area contributed by atoms with E-state index in [2.05, 4.69) is 15.1 Å². The van der Waals surface area contributed by atoms with Gasteiger partial charge in [-0.1, -0.05) is 55.8 Å². The Labute approximate surface area is 190 Å². The smallest absolute Gasteiger partial charge is 0.278 e. The molecule has 1 aliphatic heterocycles. The summed E-state index contributed by atoms with van der Waals surface area (Å²) in [4.78, 5) is 48.4. The number of hydrogen-bond acceptors (Lipinski definition) is 4. The monoisotopic (exact) mass is 443 g/mol. The second kappa shape index (κ2) is 8.54. The molecule has 8 heteroatoms. The van der Waals surface area contributed by atoms with Crippen LogP contribution in [0.3, 0.4) is 0 Å². The van der Waals surface area contributed by atoms with Gasteiger partial charge in [0, 0.05) is 18.7 Å². The summed E-state index contributed by atoms with van der Waals surface area (Å²) in [6, 6.07) is 17.3. The number of hydrogen-bond donors (Lipinski definition) is 2. The molecule has 2 aromatic carbocycles.